The standard InChI is InChI=1S/C17H24N4O2S/c1-14-8-19-21(9-14)11-16-10-20(5-6-23-16)12-17(22)18-4-2-15-3-7-24-13-15/h3,7-9,13,16H,2,4-6,10-12H2,1H3,(H,18,22)/t16-/m0/s1. The number of rotatable bonds is 7. The van der Waals surface area contributed by atoms with Gasteiger partial charge in [0, 0.05) is 25.8 Å². The summed E-state index contributed by atoms with van der Waals surface area (Å²) < 4.78 is 7.71. The molecular formula is C17H24N4O2S. The Morgan fingerprint density at radius 3 is 3.21 bits per heavy atom. The zero-order chi connectivity index (χ0) is 16.8. The fourth-order valence-electron chi connectivity index (χ4n) is 2.85. The maximum absolute atomic E-state index is 12.1. The van der Waals surface area contributed by atoms with Gasteiger partial charge in [-0.1, -0.05) is 0 Å². The predicted octanol–water partition coefficient (Wildman–Crippen LogP) is 1.31. The number of hydrogen-bond donors (Lipinski definition) is 1. The van der Waals surface area contributed by atoms with Crippen molar-refractivity contribution in [1.29, 1.82) is 0 Å². The lowest BCUT2D eigenvalue weighted by Gasteiger charge is -2.32. The van der Waals surface area contributed by atoms with Gasteiger partial charge in [-0.05, 0) is 41.3 Å². The molecule has 1 aliphatic rings. The second kappa shape index (κ2) is 8.41. The zero-order valence-electron chi connectivity index (χ0n) is 14.0. The van der Waals surface area contributed by atoms with E-state index in [1.807, 2.05) is 24.0 Å². The molecule has 7 heteroatoms. The first-order valence-electron chi connectivity index (χ1n) is 8.30. The van der Waals surface area contributed by atoms with E-state index >= 15 is 0 Å². The van der Waals surface area contributed by atoms with Crippen molar-refractivity contribution in [3.63, 3.8) is 0 Å². The van der Waals surface area contributed by atoms with Crippen molar-refractivity contribution < 1.29 is 9.53 Å². The molecule has 1 fully saturated rings. The summed E-state index contributed by atoms with van der Waals surface area (Å²) in [5.41, 5.74) is 2.42. The van der Waals surface area contributed by atoms with Gasteiger partial charge in [0.2, 0.25) is 5.91 Å². The van der Waals surface area contributed by atoms with Crippen molar-refractivity contribution in [3.05, 3.63) is 40.3 Å². The molecule has 1 saturated heterocycles. The summed E-state index contributed by atoms with van der Waals surface area (Å²) in [6, 6.07) is 2.10. The summed E-state index contributed by atoms with van der Waals surface area (Å²) in [4.78, 5) is 14.3. The summed E-state index contributed by atoms with van der Waals surface area (Å²) >= 11 is 1.69. The summed E-state index contributed by atoms with van der Waals surface area (Å²) in [5.74, 6) is 0.0841. The summed E-state index contributed by atoms with van der Waals surface area (Å²) in [6.45, 7) is 6.09. The van der Waals surface area contributed by atoms with Gasteiger partial charge in [0.15, 0.2) is 0 Å². The number of nitrogens with one attached hydrogen (secondary N) is 1. The highest BCUT2D eigenvalue weighted by Gasteiger charge is 2.22. The van der Waals surface area contributed by atoms with E-state index in [-0.39, 0.29) is 12.0 Å². The number of thiophene rings is 1. The van der Waals surface area contributed by atoms with Crippen molar-refractivity contribution in [2.75, 3.05) is 32.8 Å². The number of morpholine rings is 1. The number of amides is 1. The molecule has 130 valence electrons. The third-order valence-electron chi connectivity index (χ3n) is 4.06. The molecule has 1 aliphatic heterocycles. The van der Waals surface area contributed by atoms with Gasteiger partial charge >= 0.3 is 0 Å². The Kier molecular flexibility index (Phi) is 6.01. The highest BCUT2D eigenvalue weighted by molar-refractivity contribution is 7.07. The van der Waals surface area contributed by atoms with E-state index in [1.165, 1.54) is 5.56 Å². The SMILES string of the molecule is Cc1cnn(C[C@@H]2CN(CC(=O)NCCc3ccsc3)CCO2)c1. The van der Waals surface area contributed by atoms with E-state index in [9.17, 15) is 4.79 Å². The lowest BCUT2D eigenvalue weighted by Crippen LogP contribution is -2.48. The first-order valence-corrected chi connectivity index (χ1v) is 9.24. The van der Waals surface area contributed by atoms with Gasteiger partial charge in [-0.25, -0.2) is 0 Å². The lowest BCUT2D eigenvalue weighted by molar-refractivity contribution is -0.124. The maximum atomic E-state index is 12.1. The summed E-state index contributed by atoms with van der Waals surface area (Å²) in [5, 5.41) is 11.5. The summed E-state index contributed by atoms with van der Waals surface area (Å²) in [7, 11) is 0. The minimum atomic E-state index is 0.0802. The average molecular weight is 348 g/mol. The number of aryl methyl sites for hydroxylation is 1. The Hall–Kier alpha value is -1.70. The van der Waals surface area contributed by atoms with Gasteiger partial charge in [0.1, 0.15) is 0 Å². The van der Waals surface area contributed by atoms with Crippen LogP contribution in [0.15, 0.2) is 29.2 Å². The van der Waals surface area contributed by atoms with Crippen LogP contribution in [0.1, 0.15) is 11.1 Å². The molecule has 0 aliphatic carbocycles. The molecule has 0 spiro atoms. The Labute approximate surface area is 146 Å². The summed E-state index contributed by atoms with van der Waals surface area (Å²) in [6.07, 6.45) is 4.83. The van der Waals surface area contributed by atoms with E-state index < -0.39 is 0 Å². The minimum Gasteiger partial charge on any atom is -0.374 e. The van der Waals surface area contributed by atoms with Crippen LogP contribution in [0.25, 0.3) is 0 Å². The van der Waals surface area contributed by atoms with Gasteiger partial charge in [-0.15, -0.1) is 0 Å². The highest BCUT2D eigenvalue weighted by Crippen LogP contribution is 2.08. The van der Waals surface area contributed by atoms with E-state index in [4.69, 9.17) is 4.74 Å². The Balaban J connectivity index is 1.38. The Morgan fingerprint density at radius 2 is 2.46 bits per heavy atom. The molecule has 24 heavy (non-hydrogen) atoms. The first kappa shape index (κ1) is 17.1. The van der Waals surface area contributed by atoms with Crippen LogP contribution in [0.5, 0.6) is 0 Å². The van der Waals surface area contributed by atoms with Crippen LogP contribution < -0.4 is 5.32 Å². The van der Waals surface area contributed by atoms with Crippen molar-refractivity contribution in [1.82, 2.24) is 20.0 Å². The van der Waals surface area contributed by atoms with E-state index in [1.54, 1.807) is 11.3 Å². The number of hydrogen-bond acceptors (Lipinski definition) is 5. The average Bonchev–Trinajstić information content (AvgIpc) is 3.20. The number of ether oxygens (including phenoxy) is 1. The molecule has 3 rings (SSSR count). The molecule has 0 unspecified atom stereocenters. The van der Waals surface area contributed by atoms with Crippen LogP contribution in [-0.2, 0) is 22.5 Å². The van der Waals surface area contributed by atoms with Gasteiger partial charge < -0.3 is 10.1 Å². The van der Waals surface area contributed by atoms with Crippen LogP contribution in [0.4, 0.5) is 0 Å². The number of carbonyl (C=O) groups excluding carboxylic acids is 1. The third-order valence-corrected chi connectivity index (χ3v) is 4.79. The molecule has 1 N–H and O–H groups in total. The van der Waals surface area contributed by atoms with Crippen LogP contribution in [0, 0.1) is 6.92 Å². The minimum absolute atomic E-state index is 0.0802. The fraction of sp³-hybridized carbons (Fsp3) is 0.529. The lowest BCUT2D eigenvalue weighted by atomic mass is 10.2. The molecule has 0 radical (unpaired) electrons. The first-order chi connectivity index (χ1) is 11.7. The van der Waals surface area contributed by atoms with Gasteiger partial charge in [0.05, 0.1) is 32.0 Å². The predicted molar refractivity (Wildman–Crippen MR) is 94.2 cm³/mol. The molecule has 1 atom stereocenters. The maximum Gasteiger partial charge on any atom is 0.234 e. The number of aromatic nitrogens is 2. The van der Waals surface area contributed by atoms with Crippen LogP contribution in [0.3, 0.4) is 0 Å². The molecule has 2 aromatic heterocycles. The third kappa shape index (κ3) is 5.15. The number of carbonyl (C=O) groups is 1. The quantitative estimate of drug-likeness (QED) is 0.820. The Morgan fingerprint density at radius 1 is 1.54 bits per heavy atom. The van der Waals surface area contributed by atoms with Gasteiger partial charge in [-0.3, -0.25) is 14.4 Å². The zero-order valence-corrected chi connectivity index (χ0v) is 14.8. The highest BCUT2D eigenvalue weighted by atomic mass is 32.1. The van der Waals surface area contributed by atoms with Crippen LogP contribution in [0.2, 0.25) is 0 Å². The molecule has 0 bridgehead atoms. The normalized spacial score (nSPS) is 18.6. The van der Waals surface area contributed by atoms with Gasteiger partial charge in [-0.2, -0.15) is 16.4 Å². The monoisotopic (exact) mass is 348 g/mol. The molecule has 0 saturated carbocycles. The topological polar surface area (TPSA) is 59.4 Å². The molecule has 3 heterocycles. The molecule has 6 nitrogen and oxygen atoms in total. The van der Waals surface area contributed by atoms with Crippen molar-refractivity contribution in [3.8, 4) is 0 Å². The van der Waals surface area contributed by atoms with Crippen molar-refractivity contribution >= 4 is 17.2 Å². The van der Waals surface area contributed by atoms with Crippen molar-refractivity contribution in [2.45, 2.75) is 26.0 Å². The molecule has 0 aromatic carbocycles. The van der Waals surface area contributed by atoms with E-state index in [2.05, 4.69) is 32.1 Å². The van der Waals surface area contributed by atoms with Crippen LogP contribution >= 0.6 is 11.3 Å². The second-order valence-corrected chi connectivity index (χ2v) is 6.98. The Bertz CT molecular complexity index is 641. The fourth-order valence-corrected chi connectivity index (χ4v) is 3.55. The van der Waals surface area contributed by atoms with E-state index in [0.717, 1.165) is 31.6 Å². The molecule has 2 aromatic rings. The number of nitrogens with zero attached hydrogens (tertiary/aromatic N) is 3. The van der Waals surface area contributed by atoms with E-state index in [0.29, 0.717) is 19.7 Å². The van der Waals surface area contributed by atoms with Crippen molar-refractivity contribution in [2.24, 2.45) is 0 Å². The smallest absolute Gasteiger partial charge is 0.234 e. The second-order valence-electron chi connectivity index (χ2n) is 6.20. The van der Waals surface area contributed by atoms with Crippen LogP contribution in [-0.4, -0.2) is 59.5 Å². The molecular weight excluding hydrogens is 324 g/mol. The molecule has 1 amide bonds. The largest absolute Gasteiger partial charge is 0.374 e. The van der Waals surface area contributed by atoms with Gasteiger partial charge in [0.25, 0.3) is 0 Å².